The van der Waals surface area contributed by atoms with E-state index in [1.807, 2.05) is 66.7 Å². The average Bonchev–Trinajstić information content (AvgIpc) is 2.77. The summed E-state index contributed by atoms with van der Waals surface area (Å²) in [4.78, 5) is 1.81. The number of anilines is 1. The fraction of sp³-hybridized carbons (Fsp3) is 0.240. The topological polar surface area (TPSA) is 62.3 Å². The minimum atomic E-state index is 0.0331. The van der Waals surface area contributed by atoms with Gasteiger partial charge in [0.1, 0.15) is 12.4 Å². The molecule has 0 saturated heterocycles. The number of rotatable bonds is 8. The fourth-order valence-corrected chi connectivity index (χ4v) is 3.15. The van der Waals surface area contributed by atoms with Gasteiger partial charge in [0.15, 0.2) is 5.96 Å². The third-order valence-electron chi connectivity index (χ3n) is 5.19. The lowest BCUT2D eigenvalue weighted by Crippen LogP contribution is -2.35. The van der Waals surface area contributed by atoms with Crippen LogP contribution in [0.25, 0.3) is 0 Å². The van der Waals surface area contributed by atoms with E-state index in [2.05, 4.69) is 26.0 Å². The fourth-order valence-electron chi connectivity index (χ4n) is 3.15. The molecular weight excluding hydrogens is 358 g/mol. The Balaban J connectivity index is 1.65. The number of nitrogens with one attached hydrogen (secondary N) is 1. The van der Waals surface area contributed by atoms with Crippen molar-refractivity contribution in [3.8, 4) is 5.75 Å². The lowest BCUT2D eigenvalue weighted by molar-refractivity contribution is 0.306. The van der Waals surface area contributed by atoms with Gasteiger partial charge in [-0.2, -0.15) is 0 Å². The molecule has 0 saturated carbocycles. The molecule has 0 amide bonds. The van der Waals surface area contributed by atoms with E-state index in [-0.39, 0.29) is 5.96 Å². The molecule has 150 valence electrons. The predicted molar refractivity (Wildman–Crippen MR) is 120 cm³/mol. The van der Waals surface area contributed by atoms with Crippen LogP contribution in [0.15, 0.2) is 78.9 Å². The van der Waals surface area contributed by atoms with Crippen LogP contribution in [0, 0.1) is 5.41 Å². The second-order valence-corrected chi connectivity index (χ2v) is 7.29. The van der Waals surface area contributed by atoms with E-state index in [4.69, 9.17) is 15.9 Å². The summed E-state index contributed by atoms with van der Waals surface area (Å²) < 4.78 is 5.85. The number of hydrogen-bond donors (Lipinski definition) is 2. The Kier molecular flexibility index (Phi) is 6.90. The zero-order chi connectivity index (χ0) is 20.6. The Hall–Kier alpha value is -3.27. The molecule has 0 fully saturated rings. The second kappa shape index (κ2) is 9.78. The zero-order valence-electron chi connectivity index (χ0n) is 17.1. The largest absolute Gasteiger partial charge is 0.489 e. The van der Waals surface area contributed by atoms with E-state index in [0.29, 0.717) is 19.1 Å². The molecule has 0 aliphatic heterocycles. The molecule has 3 aromatic rings. The van der Waals surface area contributed by atoms with Crippen LogP contribution in [0.5, 0.6) is 5.75 Å². The van der Waals surface area contributed by atoms with Crippen LogP contribution < -0.4 is 15.4 Å². The molecule has 0 radical (unpaired) electrons. The third kappa shape index (κ3) is 5.61. The first kappa shape index (κ1) is 20.5. The Labute approximate surface area is 173 Å². The number of benzene rings is 3. The molecular formula is C25H29N3O. The first-order valence-electron chi connectivity index (χ1n) is 10.0. The van der Waals surface area contributed by atoms with Gasteiger partial charge in [0.2, 0.25) is 0 Å². The molecule has 0 spiro atoms. The van der Waals surface area contributed by atoms with Gasteiger partial charge >= 0.3 is 0 Å². The number of nitrogens with zero attached hydrogens (tertiary/aromatic N) is 1. The highest BCUT2D eigenvalue weighted by atomic mass is 16.5. The van der Waals surface area contributed by atoms with E-state index in [0.717, 1.165) is 29.0 Å². The lowest BCUT2D eigenvalue weighted by atomic mass is 9.98. The highest BCUT2D eigenvalue weighted by Gasteiger charge is 2.12. The van der Waals surface area contributed by atoms with Gasteiger partial charge in [-0.25, -0.2) is 0 Å². The molecule has 3 rings (SSSR count). The summed E-state index contributed by atoms with van der Waals surface area (Å²) in [5.41, 5.74) is 10.3. The zero-order valence-corrected chi connectivity index (χ0v) is 17.1. The van der Waals surface area contributed by atoms with Crippen molar-refractivity contribution in [3.05, 3.63) is 95.6 Å². The summed E-state index contributed by atoms with van der Waals surface area (Å²) in [6, 6.07) is 26.4. The quantitative estimate of drug-likeness (QED) is 0.386. The maximum absolute atomic E-state index is 8.00. The molecule has 4 heteroatoms. The minimum absolute atomic E-state index is 0.0331. The van der Waals surface area contributed by atoms with Gasteiger partial charge in [0.25, 0.3) is 0 Å². The van der Waals surface area contributed by atoms with Gasteiger partial charge in [0.05, 0.1) is 6.54 Å². The summed E-state index contributed by atoms with van der Waals surface area (Å²) in [5.74, 6) is 1.38. The molecule has 1 atom stereocenters. The van der Waals surface area contributed by atoms with Crippen LogP contribution in [0.1, 0.15) is 42.9 Å². The van der Waals surface area contributed by atoms with Crippen LogP contribution in [0.4, 0.5) is 5.69 Å². The molecule has 3 N–H and O–H groups in total. The maximum Gasteiger partial charge on any atom is 0.193 e. The summed E-state index contributed by atoms with van der Waals surface area (Å²) in [7, 11) is 0. The lowest BCUT2D eigenvalue weighted by Gasteiger charge is -2.23. The van der Waals surface area contributed by atoms with Crippen molar-refractivity contribution in [2.24, 2.45) is 5.73 Å². The monoisotopic (exact) mass is 387 g/mol. The standard InChI is InChI=1S/C25H29N3O/c1-3-19(2)22-11-13-23(14-12-22)28(25(26)27)17-20-9-15-24(16-10-20)29-18-21-7-5-4-6-8-21/h4-16,19H,3,17-18H2,1-2H3,(H3,26,27). The summed E-state index contributed by atoms with van der Waals surface area (Å²) in [6.45, 7) is 5.49. The molecule has 0 bridgehead atoms. The van der Waals surface area contributed by atoms with Gasteiger partial charge in [-0.15, -0.1) is 0 Å². The van der Waals surface area contributed by atoms with Crippen molar-refractivity contribution in [1.82, 2.24) is 0 Å². The molecule has 1 unspecified atom stereocenters. The molecule has 0 heterocycles. The minimum Gasteiger partial charge on any atom is -0.489 e. The van der Waals surface area contributed by atoms with Gasteiger partial charge in [-0.1, -0.05) is 68.4 Å². The third-order valence-corrected chi connectivity index (χ3v) is 5.19. The van der Waals surface area contributed by atoms with Crippen molar-refractivity contribution in [2.45, 2.75) is 39.3 Å². The normalized spacial score (nSPS) is 11.7. The SMILES string of the molecule is CCC(C)c1ccc(N(Cc2ccc(OCc3ccccc3)cc2)C(=N)N)cc1. The van der Waals surface area contributed by atoms with E-state index in [1.54, 1.807) is 4.90 Å². The van der Waals surface area contributed by atoms with Crippen molar-refractivity contribution < 1.29 is 4.74 Å². The molecule has 0 aromatic heterocycles. The highest BCUT2D eigenvalue weighted by Crippen LogP contribution is 2.24. The van der Waals surface area contributed by atoms with Crippen molar-refractivity contribution in [1.29, 1.82) is 5.41 Å². The van der Waals surface area contributed by atoms with Crippen molar-refractivity contribution in [2.75, 3.05) is 4.90 Å². The van der Waals surface area contributed by atoms with Crippen LogP contribution in [0.2, 0.25) is 0 Å². The Morgan fingerprint density at radius 3 is 2.17 bits per heavy atom. The molecule has 0 aliphatic carbocycles. The number of nitrogens with two attached hydrogens (primary N) is 1. The van der Waals surface area contributed by atoms with Gasteiger partial charge in [-0.05, 0) is 53.3 Å². The van der Waals surface area contributed by atoms with E-state index in [9.17, 15) is 0 Å². The van der Waals surface area contributed by atoms with Crippen LogP contribution in [0.3, 0.4) is 0 Å². The predicted octanol–water partition coefficient (Wildman–Crippen LogP) is 5.68. The van der Waals surface area contributed by atoms with Gasteiger partial charge in [-0.3, -0.25) is 5.41 Å². The van der Waals surface area contributed by atoms with Crippen LogP contribution in [-0.4, -0.2) is 5.96 Å². The van der Waals surface area contributed by atoms with E-state index >= 15 is 0 Å². The van der Waals surface area contributed by atoms with Gasteiger partial charge < -0.3 is 15.4 Å². The van der Waals surface area contributed by atoms with Crippen molar-refractivity contribution in [3.63, 3.8) is 0 Å². The number of guanidine groups is 1. The Morgan fingerprint density at radius 2 is 1.59 bits per heavy atom. The summed E-state index contributed by atoms with van der Waals surface area (Å²) in [6.07, 6.45) is 1.11. The molecule has 4 nitrogen and oxygen atoms in total. The molecule has 0 aliphatic rings. The Morgan fingerprint density at radius 1 is 0.931 bits per heavy atom. The van der Waals surface area contributed by atoms with Gasteiger partial charge in [0, 0.05) is 5.69 Å². The van der Waals surface area contributed by atoms with E-state index < -0.39 is 0 Å². The first-order chi connectivity index (χ1) is 14.1. The Bertz CT molecular complexity index is 905. The summed E-state index contributed by atoms with van der Waals surface area (Å²) >= 11 is 0. The van der Waals surface area contributed by atoms with Crippen LogP contribution in [-0.2, 0) is 13.2 Å². The summed E-state index contributed by atoms with van der Waals surface area (Å²) in [5, 5.41) is 8.00. The molecule has 3 aromatic carbocycles. The first-order valence-corrected chi connectivity index (χ1v) is 10.0. The highest BCUT2D eigenvalue weighted by molar-refractivity contribution is 5.92. The van der Waals surface area contributed by atoms with Crippen molar-refractivity contribution >= 4 is 11.6 Å². The number of ether oxygens (including phenoxy) is 1. The average molecular weight is 388 g/mol. The maximum atomic E-state index is 8.00. The smallest absolute Gasteiger partial charge is 0.193 e. The van der Waals surface area contributed by atoms with E-state index in [1.165, 1.54) is 5.56 Å². The van der Waals surface area contributed by atoms with Crippen LogP contribution >= 0.6 is 0 Å². The molecule has 29 heavy (non-hydrogen) atoms. The second-order valence-electron chi connectivity index (χ2n) is 7.29. The number of hydrogen-bond acceptors (Lipinski definition) is 2.